The molecule has 2 N–H and O–H groups in total. The van der Waals surface area contributed by atoms with E-state index in [2.05, 4.69) is 126 Å². The van der Waals surface area contributed by atoms with E-state index < -0.39 is 16.6 Å². The molecule has 1 radical (unpaired) electrons. The van der Waals surface area contributed by atoms with Crippen LogP contribution >= 0.6 is 0 Å². The van der Waals surface area contributed by atoms with Gasteiger partial charge in [-0.3, -0.25) is 4.98 Å². The van der Waals surface area contributed by atoms with Gasteiger partial charge in [-0.15, -0.1) is 12.3 Å². The fraction of sp³-hybridized carbons (Fsp3) is 0.529. The molecule has 2 aromatic heterocycles. The number of pyridine rings is 1. The van der Waals surface area contributed by atoms with Crippen LogP contribution in [0.2, 0.25) is 36.3 Å². The van der Waals surface area contributed by atoms with Crippen LogP contribution in [-0.4, -0.2) is 50.3 Å². The van der Waals surface area contributed by atoms with Gasteiger partial charge in [-0.05, 0) is 70.8 Å². The van der Waals surface area contributed by atoms with Crippen LogP contribution in [0.4, 0.5) is 0 Å². The Bertz CT molecular complexity index is 1630. The molecule has 235 valence electrons. The Kier molecular flexibility index (Phi) is 9.86. The van der Waals surface area contributed by atoms with Crippen molar-refractivity contribution in [2.45, 2.75) is 103 Å². The summed E-state index contributed by atoms with van der Waals surface area (Å²) in [5, 5.41) is 3.59. The van der Waals surface area contributed by atoms with Crippen LogP contribution in [0, 0.1) is 12.1 Å². The van der Waals surface area contributed by atoms with Crippen molar-refractivity contribution in [3.63, 3.8) is 0 Å². The van der Waals surface area contributed by atoms with Crippen LogP contribution in [0.5, 0.6) is 0 Å². The third kappa shape index (κ3) is 7.17. The van der Waals surface area contributed by atoms with E-state index in [4.69, 9.17) is 18.8 Å². The van der Waals surface area contributed by atoms with Gasteiger partial charge < -0.3 is 23.8 Å². The maximum absolute atomic E-state index is 7.07. The van der Waals surface area contributed by atoms with Crippen molar-refractivity contribution in [2.75, 3.05) is 6.61 Å². The molecule has 0 amide bonds. The number of imidazole rings is 1. The van der Waals surface area contributed by atoms with E-state index in [1.165, 1.54) is 10.8 Å². The first-order valence-corrected chi connectivity index (χ1v) is 21.2. The second-order valence-electron chi connectivity index (χ2n) is 15.1. The number of H-pyrrole nitrogens is 2. The largest absolute Gasteiger partial charge is 0.452 e. The first-order chi connectivity index (χ1) is 19.6. The molecule has 0 aliphatic heterocycles. The molecule has 1 aliphatic rings. The monoisotopic (exact) mass is 704 g/mol. The van der Waals surface area contributed by atoms with Crippen LogP contribution in [-0.2, 0) is 28.3 Å². The van der Waals surface area contributed by atoms with Gasteiger partial charge in [0.05, 0.1) is 6.10 Å². The van der Waals surface area contributed by atoms with Crippen molar-refractivity contribution in [3.8, 4) is 11.4 Å². The van der Waals surface area contributed by atoms with Gasteiger partial charge in [0.15, 0.2) is 16.6 Å². The summed E-state index contributed by atoms with van der Waals surface area (Å²) in [4.78, 5) is 17.0. The Morgan fingerprint density at radius 1 is 0.930 bits per heavy atom. The molecule has 1 aliphatic carbocycles. The summed E-state index contributed by atoms with van der Waals surface area (Å²) in [6.45, 7) is 24.0. The summed E-state index contributed by atoms with van der Waals surface area (Å²) in [5.74, 6) is 1.16. The molecule has 3 atom stereocenters. The SMILES string of the molecule is CC(C)(C)[Si](C)(C)OC[C@@H]1C[C@@H](N=c2c[c-][nH]c3nc(-c4cccc5ccccc45)[nH]c23)C[C@@H]1O[Si](C)(C)C(C)(C)C.[Rh]. The average Bonchev–Trinajstić information content (AvgIpc) is 3.50. The van der Waals surface area contributed by atoms with E-state index in [9.17, 15) is 0 Å². The summed E-state index contributed by atoms with van der Waals surface area (Å²) in [5.41, 5.74) is 2.76. The zero-order chi connectivity index (χ0) is 30.5. The maximum Gasteiger partial charge on any atom is 0.192 e. The molecule has 2 heterocycles. The zero-order valence-corrected chi connectivity index (χ0v) is 31.2. The smallest absolute Gasteiger partial charge is 0.192 e. The average molecular weight is 705 g/mol. The normalized spacial score (nSPS) is 20.6. The first kappa shape index (κ1) is 34.0. The van der Waals surface area contributed by atoms with Crippen molar-refractivity contribution in [1.82, 2.24) is 15.0 Å². The molecule has 1 saturated carbocycles. The van der Waals surface area contributed by atoms with Gasteiger partial charge in [-0.2, -0.15) is 0 Å². The molecule has 0 bridgehead atoms. The minimum Gasteiger partial charge on any atom is -0.452 e. The van der Waals surface area contributed by atoms with Crippen LogP contribution in [0.1, 0.15) is 54.4 Å². The molecule has 0 saturated heterocycles. The van der Waals surface area contributed by atoms with Crippen LogP contribution < -0.4 is 5.36 Å². The third-order valence-electron chi connectivity index (χ3n) is 10.0. The number of nitrogens with zero attached hydrogens (tertiary/aromatic N) is 2. The third-order valence-corrected chi connectivity index (χ3v) is 19.1. The fourth-order valence-electron chi connectivity index (χ4n) is 5.32. The number of aromatic nitrogens is 3. The Morgan fingerprint density at radius 3 is 2.30 bits per heavy atom. The molecule has 0 spiro atoms. The van der Waals surface area contributed by atoms with Crippen LogP contribution in [0.25, 0.3) is 33.3 Å². The van der Waals surface area contributed by atoms with E-state index in [1.54, 1.807) is 0 Å². The van der Waals surface area contributed by atoms with E-state index in [-0.39, 0.29) is 41.7 Å². The number of nitrogens with one attached hydrogen (secondary N) is 2. The van der Waals surface area contributed by atoms with Crippen molar-refractivity contribution < 1.29 is 28.3 Å². The Balaban J connectivity index is 0.00000423. The van der Waals surface area contributed by atoms with Crippen molar-refractivity contribution in [2.24, 2.45) is 10.9 Å². The van der Waals surface area contributed by atoms with E-state index in [0.717, 1.165) is 47.4 Å². The number of aromatic amines is 2. The Hall–Kier alpha value is -1.90. The fourth-order valence-corrected chi connectivity index (χ4v) is 7.79. The number of hydrogen-bond acceptors (Lipinski definition) is 4. The van der Waals surface area contributed by atoms with Gasteiger partial charge in [0.2, 0.25) is 0 Å². The summed E-state index contributed by atoms with van der Waals surface area (Å²) >= 11 is 0. The standard InChI is InChI=1S/C34H49N4O2Si2.Rh/c1-33(2,3)41(7,8)39-22-24-20-25(21-29(24)40-42(9,10)34(4,5)6)36-28-18-19-35-32-30(28)37-31(38-32)27-17-13-15-23-14-11-12-16-26(23)27;/h11-18,24-25,29H,20-22H2,1-10H3,(H2,35,36,37,38);/q-1;/t24-,25+,29-;/m0./s1. The minimum absolute atomic E-state index is 0. The first-order valence-electron chi connectivity index (χ1n) is 15.4. The van der Waals surface area contributed by atoms with E-state index in [1.807, 2.05) is 6.07 Å². The van der Waals surface area contributed by atoms with Gasteiger partial charge in [-0.25, -0.2) is 0 Å². The van der Waals surface area contributed by atoms with Gasteiger partial charge in [0.1, 0.15) is 5.82 Å². The molecule has 1 fully saturated rings. The summed E-state index contributed by atoms with van der Waals surface area (Å²) in [6.07, 6.45) is 5.18. The molecule has 6 nitrogen and oxygen atoms in total. The predicted octanol–water partition coefficient (Wildman–Crippen LogP) is 8.60. The molecule has 9 heteroatoms. The molecular formula is C34H49N4O2RhSi2-. The van der Waals surface area contributed by atoms with Crippen LogP contribution in [0.15, 0.2) is 53.5 Å². The van der Waals surface area contributed by atoms with Gasteiger partial charge >= 0.3 is 0 Å². The number of fused-ring (bicyclic) bond motifs is 2. The Morgan fingerprint density at radius 2 is 1.60 bits per heavy atom. The van der Waals surface area contributed by atoms with Crippen molar-refractivity contribution in [1.29, 1.82) is 0 Å². The molecular weight excluding hydrogens is 655 g/mol. The topological polar surface area (TPSA) is 75.3 Å². The van der Waals surface area contributed by atoms with Crippen LogP contribution in [0.3, 0.4) is 0 Å². The molecule has 4 aromatic rings. The number of rotatable bonds is 7. The maximum atomic E-state index is 7.07. The van der Waals surface area contributed by atoms with Crippen molar-refractivity contribution in [3.05, 3.63) is 60.1 Å². The zero-order valence-electron chi connectivity index (χ0n) is 27.5. The molecule has 0 unspecified atom stereocenters. The predicted molar refractivity (Wildman–Crippen MR) is 180 cm³/mol. The molecule has 5 rings (SSSR count). The number of hydrogen-bond donors (Lipinski definition) is 2. The molecule has 2 aromatic carbocycles. The quantitative estimate of drug-likeness (QED) is 0.150. The number of benzene rings is 2. The van der Waals surface area contributed by atoms with Gasteiger partial charge in [-0.1, -0.05) is 84.0 Å². The van der Waals surface area contributed by atoms with Gasteiger partial charge in [0, 0.05) is 49.3 Å². The summed E-state index contributed by atoms with van der Waals surface area (Å²) < 4.78 is 13.8. The second-order valence-corrected chi connectivity index (χ2v) is 24.7. The Labute approximate surface area is 272 Å². The molecule has 43 heavy (non-hydrogen) atoms. The summed E-state index contributed by atoms with van der Waals surface area (Å²) in [7, 11) is -3.83. The van der Waals surface area contributed by atoms with E-state index >= 15 is 0 Å². The minimum atomic E-state index is -1.96. The van der Waals surface area contributed by atoms with Gasteiger partial charge in [0.25, 0.3) is 0 Å². The summed E-state index contributed by atoms with van der Waals surface area (Å²) in [6, 6.07) is 16.8. The second kappa shape index (κ2) is 12.5. The van der Waals surface area contributed by atoms with Crippen molar-refractivity contribution >= 4 is 38.6 Å². The van der Waals surface area contributed by atoms with E-state index in [0.29, 0.717) is 5.92 Å².